The van der Waals surface area contributed by atoms with Crippen molar-refractivity contribution in [1.29, 1.82) is 5.41 Å². The topological polar surface area (TPSA) is 45.5 Å². The summed E-state index contributed by atoms with van der Waals surface area (Å²) >= 11 is 0. The van der Waals surface area contributed by atoms with Crippen LogP contribution in [0.5, 0.6) is 11.5 Å². The summed E-state index contributed by atoms with van der Waals surface area (Å²) in [5.41, 5.74) is 3.10. The Bertz CT molecular complexity index is 667. The Morgan fingerprint density at radius 3 is 2.45 bits per heavy atom. The van der Waals surface area contributed by atoms with Crippen LogP contribution in [0, 0.1) is 5.41 Å². The van der Waals surface area contributed by atoms with Crippen LogP contribution in [0.25, 0.3) is 0 Å². The maximum absolute atomic E-state index is 8.31. The Hall–Kier alpha value is -2.49. The number of hydrogen-bond acceptors (Lipinski definition) is 3. The van der Waals surface area contributed by atoms with Crippen molar-refractivity contribution < 1.29 is 9.47 Å². The first-order valence-corrected chi connectivity index (χ1v) is 6.41. The molecule has 1 heterocycles. The van der Waals surface area contributed by atoms with Gasteiger partial charge in [0.15, 0.2) is 11.5 Å². The molecule has 0 saturated heterocycles. The number of rotatable bonds is 3. The van der Waals surface area contributed by atoms with Crippen LogP contribution < -0.4 is 14.4 Å². The monoisotopic (exact) mass is 268 g/mol. The van der Waals surface area contributed by atoms with E-state index in [1.807, 2.05) is 41.3 Å². The van der Waals surface area contributed by atoms with Gasteiger partial charge in [0.1, 0.15) is 5.84 Å². The van der Waals surface area contributed by atoms with E-state index in [9.17, 15) is 0 Å². The van der Waals surface area contributed by atoms with E-state index >= 15 is 0 Å². The minimum Gasteiger partial charge on any atom is -0.493 e. The molecular weight excluding hydrogens is 252 g/mol. The molecule has 4 nitrogen and oxygen atoms in total. The zero-order chi connectivity index (χ0) is 14.1. The van der Waals surface area contributed by atoms with Gasteiger partial charge in [0.25, 0.3) is 0 Å². The lowest BCUT2D eigenvalue weighted by Crippen LogP contribution is -2.23. The van der Waals surface area contributed by atoms with Crippen molar-refractivity contribution in [3.8, 4) is 11.5 Å². The molecule has 0 saturated carbocycles. The molecule has 0 aliphatic carbocycles. The Morgan fingerprint density at radius 1 is 1.00 bits per heavy atom. The van der Waals surface area contributed by atoms with Gasteiger partial charge in [-0.25, -0.2) is 0 Å². The van der Waals surface area contributed by atoms with Gasteiger partial charge in [-0.15, -0.1) is 0 Å². The van der Waals surface area contributed by atoms with Crippen LogP contribution in [-0.4, -0.2) is 20.1 Å². The van der Waals surface area contributed by atoms with E-state index in [2.05, 4.69) is 6.07 Å². The zero-order valence-electron chi connectivity index (χ0n) is 11.5. The second-order valence-corrected chi connectivity index (χ2v) is 4.63. The van der Waals surface area contributed by atoms with E-state index in [4.69, 9.17) is 14.9 Å². The van der Waals surface area contributed by atoms with E-state index < -0.39 is 0 Å². The molecule has 3 rings (SSSR count). The largest absolute Gasteiger partial charge is 0.493 e. The molecule has 4 heteroatoms. The highest BCUT2D eigenvalue weighted by atomic mass is 16.5. The van der Waals surface area contributed by atoms with Crippen LogP contribution in [0.15, 0.2) is 42.5 Å². The molecule has 0 fully saturated rings. The predicted octanol–water partition coefficient (Wildman–Crippen LogP) is 3.05. The average Bonchev–Trinajstić information content (AvgIpc) is 2.84. The molecule has 1 N–H and O–H groups in total. The van der Waals surface area contributed by atoms with E-state index in [0.29, 0.717) is 23.9 Å². The van der Waals surface area contributed by atoms with Gasteiger partial charge in [-0.3, -0.25) is 5.41 Å². The van der Waals surface area contributed by atoms with Crippen molar-refractivity contribution in [2.75, 3.05) is 19.1 Å². The molecule has 102 valence electrons. The second-order valence-electron chi connectivity index (χ2n) is 4.63. The summed E-state index contributed by atoms with van der Waals surface area (Å²) in [5, 5.41) is 8.31. The Labute approximate surface area is 118 Å². The van der Waals surface area contributed by atoms with Gasteiger partial charge in [-0.2, -0.15) is 0 Å². The summed E-state index contributed by atoms with van der Waals surface area (Å²) in [6.45, 7) is 0.713. The van der Waals surface area contributed by atoms with Gasteiger partial charge in [-0.1, -0.05) is 24.3 Å². The first-order chi connectivity index (χ1) is 9.74. The first kappa shape index (κ1) is 12.5. The van der Waals surface area contributed by atoms with Crippen LogP contribution >= 0.6 is 0 Å². The van der Waals surface area contributed by atoms with Crippen LogP contribution in [0.2, 0.25) is 0 Å². The van der Waals surface area contributed by atoms with E-state index in [0.717, 1.165) is 11.3 Å². The Morgan fingerprint density at radius 2 is 1.75 bits per heavy atom. The molecule has 0 unspecified atom stereocenters. The molecule has 0 aromatic heterocycles. The fraction of sp³-hybridized carbons (Fsp3) is 0.188. The highest BCUT2D eigenvalue weighted by molar-refractivity contribution is 6.11. The molecule has 0 bridgehead atoms. The number of methoxy groups -OCH3 is 2. The third-order valence-electron chi connectivity index (χ3n) is 3.55. The van der Waals surface area contributed by atoms with Gasteiger partial charge in [0, 0.05) is 17.3 Å². The van der Waals surface area contributed by atoms with E-state index in [1.54, 1.807) is 14.2 Å². The summed E-state index contributed by atoms with van der Waals surface area (Å²) < 4.78 is 10.6. The lowest BCUT2D eigenvalue weighted by atomic mass is 10.1. The third-order valence-corrected chi connectivity index (χ3v) is 3.55. The minimum absolute atomic E-state index is 0.521. The Balaban J connectivity index is 1.98. The highest BCUT2D eigenvalue weighted by Gasteiger charge is 2.25. The molecule has 0 amide bonds. The summed E-state index contributed by atoms with van der Waals surface area (Å²) in [4.78, 5) is 1.96. The predicted molar refractivity (Wildman–Crippen MR) is 79.0 cm³/mol. The molecule has 1 aliphatic heterocycles. The number of ether oxygens (including phenoxy) is 2. The molecule has 2 aromatic rings. The lowest BCUT2D eigenvalue weighted by molar-refractivity contribution is 0.355. The fourth-order valence-electron chi connectivity index (χ4n) is 2.50. The van der Waals surface area contributed by atoms with Gasteiger partial charge in [-0.05, 0) is 17.7 Å². The van der Waals surface area contributed by atoms with Gasteiger partial charge in [0.05, 0.1) is 20.8 Å². The van der Waals surface area contributed by atoms with E-state index in [-0.39, 0.29) is 0 Å². The van der Waals surface area contributed by atoms with Crippen molar-refractivity contribution in [3.05, 3.63) is 53.6 Å². The first-order valence-electron chi connectivity index (χ1n) is 6.41. The van der Waals surface area contributed by atoms with Crippen molar-refractivity contribution in [3.63, 3.8) is 0 Å². The number of hydrogen-bond donors (Lipinski definition) is 1. The number of anilines is 1. The van der Waals surface area contributed by atoms with Crippen LogP contribution in [0.1, 0.15) is 11.1 Å². The lowest BCUT2D eigenvalue weighted by Gasteiger charge is -2.19. The number of benzene rings is 2. The molecular formula is C16H16N2O2. The number of fused-ring (bicyclic) bond motifs is 1. The second kappa shape index (κ2) is 4.89. The Kier molecular flexibility index (Phi) is 3.06. The smallest absolute Gasteiger partial charge is 0.162 e. The highest BCUT2D eigenvalue weighted by Crippen LogP contribution is 2.35. The number of amidine groups is 1. The summed E-state index contributed by atoms with van der Waals surface area (Å²) in [7, 11) is 3.23. The fourth-order valence-corrected chi connectivity index (χ4v) is 2.50. The van der Waals surface area contributed by atoms with Gasteiger partial charge in [0.2, 0.25) is 0 Å². The summed E-state index contributed by atoms with van der Waals surface area (Å²) in [5.74, 6) is 1.89. The third kappa shape index (κ3) is 1.90. The maximum Gasteiger partial charge on any atom is 0.162 e. The molecule has 0 radical (unpaired) electrons. The maximum atomic E-state index is 8.31. The van der Waals surface area contributed by atoms with Crippen LogP contribution in [0.3, 0.4) is 0 Å². The SMILES string of the molecule is COc1ccc(N2Cc3ccccc3C2=N)cc1OC. The number of nitrogens with one attached hydrogen (secondary N) is 1. The van der Waals surface area contributed by atoms with Gasteiger partial charge < -0.3 is 14.4 Å². The molecule has 0 atom stereocenters. The van der Waals surface area contributed by atoms with Crippen molar-refractivity contribution >= 4 is 11.5 Å². The van der Waals surface area contributed by atoms with Crippen LogP contribution in [-0.2, 0) is 6.54 Å². The molecule has 1 aliphatic rings. The quantitative estimate of drug-likeness (QED) is 0.930. The zero-order valence-corrected chi connectivity index (χ0v) is 11.5. The normalized spacial score (nSPS) is 13.3. The van der Waals surface area contributed by atoms with E-state index in [1.165, 1.54) is 5.56 Å². The van der Waals surface area contributed by atoms with Crippen molar-refractivity contribution in [1.82, 2.24) is 0 Å². The van der Waals surface area contributed by atoms with Gasteiger partial charge >= 0.3 is 0 Å². The molecule has 20 heavy (non-hydrogen) atoms. The summed E-state index contributed by atoms with van der Waals surface area (Å²) in [6, 6.07) is 13.7. The minimum atomic E-state index is 0.521. The summed E-state index contributed by atoms with van der Waals surface area (Å²) in [6.07, 6.45) is 0. The standard InChI is InChI=1S/C16H16N2O2/c1-19-14-8-7-12(9-15(14)20-2)18-10-11-5-3-4-6-13(11)16(18)17/h3-9,17H,10H2,1-2H3. The number of nitrogens with zero attached hydrogens (tertiary/aromatic N) is 1. The van der Waals surface area contributed by atoms with Crippen LogP contribution in [0.4, 0.5) is 5.69 Å². The molecule has 2 aromatic carbocycles. The van der Waals surface area contributed by atoms with Crippen molar-refractivity contribution in [2.24, 2.45) is 0 Å². The molecule has 0 spiro atoms. The van der Waals surface area contributed by atoms with Crippen molar-refractivity contribution in [2.45, 2.75) is 6.54 Å². The average molecular weight is 268 g/mol.